The Morgan fingerprint density at radius 3 is 2.35 bits per heavy atom. The number of carbonyl (C=O) groups excluding carboxylic acids is 2. The Balaban J connectivity index is 1.41. The lowest BCUT2D eigenvalue weighted by molar-refractivity contribution is -0.125. The maximum absolute atomic E-state index is 12.2. The Hall–Kier alpha value is -2.53. The lowest BCUT2D eigenvalue weighted by Crippen LogP contribution is -2.29. The average Bonchev–Trinajstić information content (AvgIpc) is 3.45. The maximum atomic E-state index is 12.2. The van der Waals surface area contributed by atoms with E-state index in [9.17, 15) is 9.59 Å². The van der Waals surface area contributed by atoms with Crippen LogP contribution in [-0.2, 0) is 16.0 Å². The van der Waals surface area contributed by atoms with Gasteiger partial charge in [-0.1, -0.05) is 23.7 Å². The van der Waals surface area contributed by atoms with Gasteiger partial charge in [0.1, 0.15) is 5.75 Å². The van der Waals surface area contributed by atoms with Gasteiger partial charge in [-0.3, -0.25) is 9.59 Å². The van der Waals surface area contributed by atoms with E-state index in [1.807, 2.05) is 24.3 Å². The van der Waals surface area contributed by atoms with Gasteiger partial charge in [-0.25, -0.2) is 0 Å². The van der Waals surface area contributed by atoms with Crippen molar-refractivity contribution in [2.75, 3.05) is 19.0 Å². The van der Waals surface area contributed by atoms with Gasteiger partial charge in [0.25, 0.3) is 0 Å². The molecule has 2 amide bonds. The Kier molecular flexibility index (Phi) is 5.78. The third-order valence-corrected chi connectivity index (χ3v) is 4.70. The molecule has 0 heterocycles. The van der Waals surface area contributed by atoms with Crippen LogP contribution >= 0.6 is 11.6 Å². The van der Waals surface area contributed by atoms with E-state index >= 15 is 0 Å². The topological polar surface area (TPSA) is 67.4 Å². The molecule has 0 spiro atoms. The lowest BCUT2D eigenvalue weighted by Gasteiger charge is -2.07. The van der Waals surface area contributed by atoms with Gasteiger partial charge in [0.15, 0.2) is 0 Å². The summed E-state index contributed by atoms with van der Waals surface area (Å²) >= 11 is 5.85. The number of halogens is 1. The fourth-order valence-corrected chi connectivity index (χ4v) is 2.92. The first-order chi connectivity index (χ1) is 12.6. The van der Waals surface area contributed by atoms with Crippen molar-refractivity contribution in [3.63, 3.8) is 0 Å². The Bertz CT molecular complexity index is 775. The second kappa shape index (κ2) is 8.23. The van der Waals surface area contributed by atoms with E-state index in [-0.39, 0.29) is 23.7 Å². The van der Waals surface area contributed by atoms with Crippen molar-refractivity contribution in [3.8, 4) is 5.75 Å². The van der Waals surface area contributed by atoms with Crippen LogP contribution in [0.1, 0.15) is 12.0 Å². The molecule has 0 bridgehead atoms. The third kappa shape index (κ3) is 4.76. The first kappa shape index (κ1) is 18.3. The summed E-state index contributed by atoms with van der Waals surface area (Å²) in [6.45, 7) is 0.545. The van der Waals surface area contributed by atoms with Crippen molar-refractivity contribution in [2.45, 2.75) is 12.8 Å². The fourth-order valence-electron chi connectivity index (χ4n) is 2.80. The molecule has 2 N–H and O–H groups in total. The average molecular weight is 373 g/mol. The first-order valence-corrected chi connectivity index (χ1v) is 8.91. The van der Waals surface area contributed by atoms with Crippen LogP contribution in [0.4, 0.5) is 5.69 Å². The van der Waals surface area contributed by atoms with Gasteiger partial charge in [-0.15, -0.1) is 0 Å². The standard InChI is InChI=1S/C20H21ClN2O3/c1-26-16-8-6-15(7-9-16)23-20(25)18-12-17(18)19(24)22-11-10-13-2-4-14(21)5-3-13/h2-9,17-18H,10-12H2,1H3,(H,22,24)(H,23,25). The van der Waals surface area contributed by atoms with Gasteiger partial charge >= 0.3 is 0 Å². The number of carbonyl (C=O) groups is 2. The van der Waals surface area contributed by atoms with Crippen molar-refractivity contribution in [3.05, 3.63) is 59.1 Å². The van der Waals surface area contributed by atoms with Gasteiger partial charge in [0, 0.05) is 17.3 Å². The minimum absolute atomic E-state index is 0.0613. The summed E-state index contributed by atoms with van der Waals surface area (Å²) in [5.41, 5.74) is 1.81. The molecule has 0 aliphatic heterocycles. The fraction of sp³-hybridized carbons (Fsp3) is 0.300. The molecule has 136 valence electrons. The molecule has 6 heteroatoms. The molecule has 1 fully saturated rings. The molecule has 1 aliphatic rings. The van der Waals surface area contributed by atoms with E-state index in [1.165, 1.54) is 0 Å². The van der Waals surface area contributed by atoms with Gasteiger partial charge in [0.2, 0.25) is 11.8 Å². The van der Waals surface area contributed by atoms with Crippen molar-refractivity contribution < 1.29 is 14.3 Å². The molecule has 2 unspecified atom stereocenters. The summed E-state index contributed by atoms with van der Waals surface area (Å²) in [5, 5.41) is 6.44. The molecule has 3 rings (SSSR count). The summed E-state index contributed by atoms with van der Waals surface area (Å²) in [6, 6.07) is 14.7. The normalized spacial score (nSPS) is 18.1. The van der Waals surface area contributed by atoms with Crippen molar-refractivity contribution >= 4 is 29.1 Å². The van der Waals surface area contributed by atoms with Crippen LogP contribution in [0.3, 0.4) is 0 Å². The summed E-state index contributed by atoms with van der Waals surface area (Å²) in [6.07, 6.45) is 1.33. The van der Waals surface area contributed by atoms with E-state index in [2.05, 4.69) is 10.6 Å². The van der Waals surface area contributed by atoms with Crippen LogP contribution in [0.2, 0.25) is 5.02 Å². The molecule has 26 heavy (non-hydrogen) atoms. The molecule has 2 aromatic rings. The van der Waals surface area contributed by atoms with Crippen LogP contribution in [0.5, 0.6) is 5.75 Å². The molecule has 0 radical (unpaired) electrons. The molecular formula is C20H21ClN2O3. The molecule has 1 saturated carbocycles. The molecular weight excluding hydrogens is 352 g/mol. The van der Waals surface area contributed by atoms with Gasteiger partial charge in [-0.2, -0.15) is 0 Å². The molecule has 2 aromatic carbocycles. The molecule has 0 aromatic heterocycles. The van der Waals surface area contributed by atoms with Crippen LogP contribution in [0.25, 0.3) is 0 Å². The minimum atomic E-state index is -0.257. The summed E-state index contributed by atoms with van der Waals surface area (Å²) in [4.78, 5) is 24.4. The quantitative estimate of drug-likeness (QED) is 0.783. The first-order valence-electron chi connectivity index (χ1n) is 8.54. The molecule has 5 nitrogen and oxygen atoms in total. The second-order valence-electron chi connectivity index (χ2n) is 6.33. The number of ether oxygens (including phenoxy) is 1. The smallest absolute Gasteiger partial charge is 0.228 e. The zero-order valence-corrected chi connectivity index (χ0v) is 15.3. The van der Waals surface area contributed by atoms with E-state index in [4.69, 9.17) is 16.3 Å². The third-order valence-electron chi connectivity index (χ3n) is 4.45. The molecule has 2 atom stereocenters. The van der Waals surface area contributed by atoms with Gasteiger partial charge in [0.05, 0.1) is 18.9 Å². The number of nitrogens with one attached hydrogen (secondary N) is 2. The lowest BCUT2D eigenvalue weighted by atomic mass is 10.1. The number of anilines is 1. The van der Waals surface area contributed by atoms with E-state index in [0.717, 1.165) is 17.7 Å². The van der Waals surface area contributed by atoms with Crippen molar-refractivity contribution in [1.82, 2.24) is 5.32 Å². The number of methoxy groups -OCH3 is 1. The Morgan fingerprint density at radius 1 is 1.04 bits per heavy atom. The largest absolute Gasteiger partial charge is 0.497 e. The highest BCUT2D eigenvalue weighted by Gasteiger charge is 2.47. The maximum Gasteiger partial charge on any atom is 0.228 e. The highest BCUT2D eigenvalue weighted by molar-refractivity contribution is 6.30. The van der Waals surface area contributed by atoms with Crippen molar-refractivity contribution in [2.24, 2.45) is 11.8 Å². The SMILES string of the molecule is COc1ccc(NC(=O)C2CC2C(=O)NCCc2ccc(Cl)cc2)cc1. The summed E-state index contributed by atoms with van der Waals surface area (Å²) in [7, 11) is 1.59. The van der Waals surface area contributed by atoms with Crippen LogP contribution in [0.15, 0.2) is 48.5 Å². The van der Waals surface area contributed by atoms with Crippen LogP contribution in [-0.4, -0.2) is 25.5 Å². The number of amides is 2. The van der Waals surface area contributed by atoms with Crippen molar-refractivity contribution in [1.29, 1.82) is 0 Å². The van der Waals surface area contributed by atoms with E-state index in [1.54, 1.807) is 31.4 Å². The summed E-state index contributed by atoms with van der Waals surface area (Å²) < 4.78 is 5.09. The predicted octanol–water partition coefficient (Wildman–Crippen LogP) is 3.28. The second-order valence-corrected chi connectivity index (χ2v) is 6.77. The highest BCUT2D eigenvalue weighted by atomic mass is 35.5. The van der Waals surface area contributed by atoms with Gasteiger partial charge < -0.3 is 15.4 Å². The van der Waals surface area contributed by atoms with Crippen LogP contribution < -0.4 is 15.4 Å². The van der Waals surface area contributed by atoms with Crippen LogP contribution in [0, 0.1) is 11.8 Å². The number of rotatable bonds is 7. The molecule has 1 aliphatic carbocycles. The Morgan fingerprint density at radius 2 is 1.69 bits per heavy atom. The highest BCUT2D eigenvalue weighted by Crippen LogP contribution is 2.39. The van der Waals surface area contributed by atoms with E-state index < -0.39 is 0 Å². The monoisotopic (exact) mass is 372 g/mol. The zero-order valence-electron chi connectivity index (χ0n) is 14.5. The number of benzene rings is 2. The Labute approximate surface area is 157 Å². The minimum Gasteiger partial charge on any atom is -0.497 e. The zero-order chi connectivity index (χ0) is 18.5. The molecule has 0 saturated heterocycles. The number of hydrogen-bond acceptors (Lipinski definition) is 3. The van der Waals surface area contributed by atoms with E-state index in [0.29, 0.717) is 23.7 Å². The summed E-state index contributed by atoms with van der Waals surface area (Å²) in [5.74, 6) is 0.0559. The predicted molar refractivity (Wildman–Crippen MR) is 101 cm³/mol. The van der Waals surface area contributed by atoms with Gasteiger partial charge in [-0.05, 0) is 54.8 Å². The number of hydrogen-bond donors (Lipinski definition) is 2.